The molecule has 7 heteroatoms. The van der Waals surface area contributed by atoms with Crippen molar-refractivity contribution < 1.29 is 23.4 Å². The van der Waals surface area contributed by atoms with Crippen LogP contribution in [0.4, 0.5) is 0 Å². The van der Waals surface area contributed by atoms with Crippen molar-refractivity contribution in [2.45, 2.75) is 18.9 Å². The first-order chi connectivity index (χ1) is 16.6. The van der Waals surface area contributed by atoms with E-state index in [1.165, 1.54) is 0 Å². The molecule has 0 saturated carbocycles. The van der Waals surface area contributed by atoms with Gasteiger partial charge >= 0.3 is 5.63 Å². The number of methoxy groups -OCH3 is 1. The molecular formula is C27H23NO6. The number of carbonyl (C=O) groups excluding carboxylic acids is 1. The average molecular weight is 457 g/mol. The Balaban J connectivity index is 1.41. The highest BCUT2D eigenvalue weighted by molar-refractivity contribution is 5.96. The van der Waals surface area contributed by atoms with Gasteiger partial charge in [0.15, 0.2) is 11.5 Å². The number of nitrogens with one attached hydrogen (secondary N) is 1. The van der Waals surface area contributed by atoms with E-state index in [1.807, 2.05) is 48.5 Å². The first-order valence-electron chi connectivity index (χ1n) is 10.9. The van der Waals surface area contributed by atoms with Gasteiger partial charge in [-0.05, 0) is 60.4 Å². The largest absolute Gasteiger partial charge is 0.497 e. The van der Waals surface area contributed by atoms with Gasteiger partial charge in [-0.15, -0.1) is 0 Å². The van der Waals surface area contributed by atoms with E-state index in [4.69, 9.17) is 18.6 Å². The third-order valence-electron chi connectivity index (χ3n) is 5.78. The second-order valence-electron chi connectivity index (χ2n) is 8.10. The maximum atomic E-state index is 13.2. The van der Waals surface area contributed by atoms with Gasteiger partial charge < -0.3 is 23.9 Å². The van der Waals surface area contributed by atoms with Crippen molar-refractivity contribution in [3.63, 3.8) is 0 Å². The van der Waals surface area contributed by atoms with Gasteiger partial charge in [0, 0.05) is 11.4 Å². The Labute approximate surface area is 195 Å². The third-order valence-corrected chi connectivity index (χ3v) is 5.78. The molecule has 1 N–H and O–H groups in total. The highest BCUT2D eigenvalue weighted by Gasteiger charge is 2.21. The van der Waals surface area contributed by atoms with Gasteiger partial charge in [0.25, 0.3) is 5.91 Å². The van der Waals surface area contributed by atoms with Crippen LogP contribution in [0.5, 0.6) is 17.2 Å². The molecule has 1 amide bonds. The van der Waals surface area contributed by atoms with Gasteiger partial charge in [-0.1, -0.05) is 36.4 Å². The number of carbonyl (C=O) groups is 1. The molecule has 7 nitrogen and oxygen atoms in total. The lowest BCUT2D eigenvalue weighted by Crippen LogP contribution is -2.39. The number of para-hydroxylation sites is 1. The molecule has 34 heavy (non-hydrogen) atoms. The minimum absolute atomic E-state index is 0.0240. The maximum Gasteiger partial charge on any atom is 0.349 e. The SMILES string of the molecule is COc1ccc(C[C@@H](Cc2ccc3c(c2)OCO3)NC(=O)c2cc3ccccc3oc2=O)cc1. The highest BCUT2D eigenvalue weighted by atomic mass is 16.7. The van der Waals surface area contributed by atoms with E-state index in [9.17, 15) is 9.59 Å². The Kier molecular flexibility index (Phi) is 5.91. The third kappa shape index (κ3) is 4.59. The van der Waals surface area contributed by atoms with Crippen molar-refractivity contribution in [1.82, 2.24) is 5.32 Å². The van der Waals surface area contributed by atoms with Crippen LogP contribution < -0.4 is 25.2 Å². The fraction of sp³-hybridized carbons (Fsp3) is 0.185. The summed E-state index contributed by atoms with van der Waals surface area (Å²) in [7, 11) is 1.62. The normalized spacial score (nSPS) is 13.0. The summed E-state index contributed by atoms with van der Waals surface area (Å²) in [6.45, 7) is 0.197. The van der Waals surface area contributed by atoms with Crippen LogP contribution in [0.1, 0.15) is 21.5 Å². The zero-order valence-corrected chi connectivity index (χ0v) is 18.6. The molecule has 2 heterocycles. The smallest absolute Gasteiger partial charge is 0.349 e. The molecule has 1 atom stereocenters. The van der Waals surface area contributed by atoms with Crippen molar-refractivity contribution in [2.75, 3.05) is 13.9 Å². The summed E-state index contributed by atoms with van der Waals surface area (Å²) >= 11 is 0. The molecule has 4 aromatic rings. The first-order valence-corrected chi connectivity index (χ1v) is 10.9. The molecule has 1 aliphatic rings. The molecule has 0 fully saturated rings. The standard InChI is InChI=1S/C27H23NO6/c1-31-21-9-6-17(7-10-21)12-20(13-18-8-11-24-25(14-18)33-16-32-24)28-26(29)22-15-19-4-2-3-5-23(19)34-27(22)30/h2-11,14-15,20H,12-13,16H2,1H3,(H,28,29)/t20-/m0/s1. The molecule has 0 bridgehead atoms. The summed E-state index contributed by atoms with van der Waals surface area (Å²) in [5.41, 5.74) is 1.76. The van der Waals surface area contributed by atoms with Crippen LogP contribution in [-0.4, -0.2) is 25.9 Å². The van der Waals surface area contributed by atoms with E-state index in [2.05, 4.69) is 5.32 Å². The lowest BCUT2D eigenvalue weighted by molar-refractivity contribution is 0.0933. The fourth-order valence-corrected chi connectivity index (χ4v) is 4.06. The molecule has 1 aliphatic heterocycles. The van der Waals surface area contributed by atoms with Gasteiger partial charge in [0.1, 0.15) is 16.9 Å². The number of fused-ring (bicyclic) bond motifs is 2. The van der Waals surface area contributed by atoms with Crippen molar-refractivity contribution in [2.24, 2.45) is 0 Å². The highest BCUT2D eigenvalue weighted by Crippen LogP contribution is 2.33. The van der Waals surface area contributed by atoms with Gasteiger partial charge in [-0.3, -0.25) is 4.79 Å². The van der Waals surface area contributed by atoms with Crippen LogP contribution in [0.3, 0.4) is 0 Å². The van der Waals surface area contributed by atoms with E-state index < -0.39 is 11.5 Å². The number of ether oxygens (including phenoxy) is 3. The number of benzene rings is 3. The number of amides is 1. The number of hydrogen-bond acceptors (Lipinski definition) is 6. The summed E-state index contributed by atoms with van der Waals surface area (Å²) in [6.07, 6.45) is 1.09. The van der Waals surface area contributed by atoms with Crippen LogP contribution in [0.15, 0.2) is 82.0 Å². The minimum Gasteiger partial charge on any atom is -0.497 e. The number of hydrogen-bond donors (Lipinski definition) is 1. The predicted octanol–water partition coefficient (Wildman–Crippen LogP) is 4.11. The van der Waals surface area contributed by atoms with Crippen LogP contribution in [0.25, 0.3) is 11.0 Å². The molecule has 0 spiro atoms. The topological polar surface area (TPSA) is 87.0 Å². The molecule has 0 aliphatic carbocycles. The zero-order valence-electron chi connectivity index (χ0n) is 18.6. The van der Waals surface area contributed by atoms with Gasteiger partial charge in [-0.2, -0.15) is 0 Å². The fourth-order valence-electron chi connectivity index (χ4n) is 4.06. The molecule has 1 aromatic heterocycles. The molecule has 172 valence electrons. The van der Waals surface area contributed by atoms with Crippen molar-refractivity contribution in [3.8, 4) is 17.2 Å². The Morgan fingerprint density at radius 1 is 0.941 bits per heavy atom. The van der Waals surface area contributed by atoms with Crippen LogP contribution >= 0.6 is 0 Å². The Hall–Kier alpha value is -4.26. The van der Waals surface area contributed by atoms with Crippen LogP contribution in [0, 0.1) is 0 Å². The molecular weight excluding hydrogens is 434 g/mol. The zero-order chi connectivity index (χ0) is 23.5. The van der Waals surface area contributed by atoms with E-state index in [0.717, 1.165) is 16.9 Å². The average Bonchev–Trinajstić information content (AvgIpc) is 3.32. The lowest BCUT2D eigenvalue weighted by atomic mass is 9.98. The molecule has 0 radical (unpaired) electrons. The van der Waals surface area contributed by atoms with Crippen molar-refractivity contribution in [1.29, 1.82) is 0 Å². The number of rotatable bonds is 7. The first kappa shape index (κ1) is 21.6. The van der Waals surface area contributed by atoms with Gasteiger partial charge in [0.05, 0.1) is 7.11 Å². The Morgan fingerprint density at radius 2 is 1.68 bits per heavy atom. The second kappa shape index (κ2) is 9.31. The minimum atomic E-state index is -0.664. The molecule has 5 rings (SSSR count). The Bertz CT molecular complexity index is 1390. The van der Waals surface area contributed by atoms with E-state index in [0.29, 0.717) is 35.3 Å². The second-order valence-corrected chi connectivity index (χ2v) is 8.10. The van der Waals surface area contributed by atoms with Crippen molar-refractivity contribution >= 4 is 16.9 Å². The van der Waals surface area contributed by atoms with E-state index in [-0.39, 0.29) is 18.4 Å². The van der Waals surface area contributed by atoms with Crippen molar-refractivity contribution in [3.05, 3.63) is 99.9 Å². The summed E-state index contributed by atoms with van der Waals surface area (Å²) in [6, 6.07) is 21.8. The van der Waals surface area contributed by atoms with E-state index >= 15 is 0 Å². The lowest BCUT2D eigenvalue weighted by Gasteiger charge is -2.19. The van der Waals surface area contributed by atoms with Crippen LogP contribution in [-0.2, 0) is 12.8 Å². The molecule has 0 saturated heterocycles. The van der Waals surface area contributed by atoms with Crippen LogP contribution in [0.2, 0.25) is 0 Å². The van der Waals surface area contributed by atoms with Gasteiger partial charge in [-0.25, -0.2) is 4.79 Å². The summed E-state index contributed by atoms with van der Waals surface area (Å²) in [4.78, 5) is 25.7. The predicted molar refractivity (Wildman–Crippen MR) is 127 cm³/mol. The molecule has 0 unspecified atom stereocenters. The van der Waals surface area contributed by atoms with E-state index in [1.54, 1.807) is 31.4 Å². The summed E-state index contributed by atoms with van der Waals surface area (Å²) < 4.78 is 21.5. The monoisotopic (exact) mass is 457 g/mol. The summed E-state index contributed by atoms with van der Waals surface area (Å²) in [5.74, 6) is 1.67. The molecule has 3 aromatic carbocycles. The Morgan fingerprint density at radius 3 is 2.50 bits per heavy atom. The quantitative estimate of drug-likeness (QED) is 0.420. The van der Waals surface area contributed by atoms with Gasteiger partial charge in [0.2, 0.25) is 6.79 Å². The summed E-state index contributed by atoms with van der Waals surface area (Å²) in [5, 5.41) is 3.72. The maximum absolute atomic E-state index is 13.2.